The second kappa shape index (κ2) is 8.45. The number of halogens is 2. The molecule has 0 bridgehead atoms. The number of pyridine rings is 1. The summed E-state index contributed by atoms with van der Waals surface area (Å²) in [6.45, 7) is 4.03. The quantitative estimate of drug-likeness (QED) is 0.451. The number of aromatic carboxylic acids is 1. The largest absolute Gasteiger partial charge is 0.477 e. The van der Waals surface area contributed by atoms with E-state index in [0.717, 1.165) is 22.6 Å². The van der Waals surface area contributed by atoms with Crippen LogP contribution in [0.4, 0.5) is 10.1 Å². The smallest absolute Gasteiger partial charge is 0.341 e. The molecule has 1 N–H and O–H groups in total. The Morgan fingerprint density at radius 1 is 1.24 bits per heavy atom. The van der Waals surface area contributed by atoms with Crippen LogP contribution in [0.1, 0.15) is 29.1 Å². The molecule has 0 spiro atoms. The van der Waals surface area contributed by atoms with Crippen LogP contribution in [-0.4, -0.2) is 47.2 Å². The van der Waals surface area contributed by atoms with E-state index in [0.29, 0.717) is 42.4 Å². The standard InChI is InChI=1S/C25H23ClFN3O4/c1-3-29-11-18(25(32)33)23(31)17-9-19(27)21(10-20(17)29)30-7-6-28(2)22(12-30)24-16-5-4-15(26)8-14(16)13-34-24/h4-5,8-11,13,22H,3,6-7,12H2,1-2H3,(H,32,33). The van der Waals surface area contributed by atoms with Crippen molar-refractivity contribution in [3.05, 3.63) is 75.2 Å². The molecule has 1 unspecified atom stereocenters. The number of piperazine rings is 1. The molecular formula is C25H23ClFN3O4. The first-order valence-corrected chi connectivity index (χ1v) is 11.4. The Morgan fingerprint density at radius 3 is 2.76 bits per heavy atom. The van der Waals surface area contributed by atoms with E-state index in [2.05, 4.69) is 4.90 Å². The molecule has 3 heterocycles. The SMILES string of the molecule is CCn1cc(C(=O)O)c(=O)c2cc(F)c(N3CCN(C)C(c4occ5cc(Cl)ccc45)C3)cc21. The molecule has 1 atom stereocenters. The number of rotatable bonds is 4. The maximum Gasteiger partial charge on any atom is 0.341 e. The molecule has 2 aromatic heterocycles. The number of furan rings is 1. The Bertz CT molecular complexity index is 1500. The Balaban J connectivity index is 1.58. The zero-order valence-electron chi connectivity index (χ0n) is 18.7. The third kappa shape index (κ3) is 3.63. The van der Waals surface area contributed by atoms with Crippen molar-refractivity contribution in [2.75, 3.05) is 31.6 Å². The Morgan fingerprint density at radius 2 is 2.03 bits per heavy atom. The van der Waals surface area contributed by atoms with Gasteiger partial charge in [-0.05, 0) is 44.3 Å². The van der Waals surface area contributed by atoms with E-state index in [1.807, 2.05) is 37.1 Å². The normalized spacial score (nSPS) is 17.1. The van der Waals surface area contributed by atoms with Gasteiger partial charge >= 0.3 is 5.97 Å². The molecule has 5 rings (SSSR count). The fraction of sp³-hybridized carbons (Fsp3) is 0.280. The van der Waals surface area contributed by atoms with Crippen LogP contribution >= 0.6 is 11.6 Å². The first-order chi connectivity index (χ1) is 16.3. The van der Waals surface area contributed by atoms with Crippen LogP contribution in [0.25, 0.3) is 21.7 Å². The average Bonchev–Trinajstić information content (AvgIpc) is 3.22. The van der Waals surface area contributed by atoms with Gasteiger partial charge in [-0.3, -0.25) is 9.69 Å². The highest BCUT2D eigenvalue weighted by Crippen LogP contribution is 2.35. The molecular weight excluding hydrogens is 461 g/mol. The topological polar surface area (TPSA) is 78.9 Å². The summed E-state index contributed by atoms with van der Waals surface area (Å²) >= 11 is 6.11. The summed E-state index contributed by atoms with van der Waals surface area (Å²) < 4.78 is 22.9. The highest BCUT2D eigenvalue weighted by Gasteiger charge is 2.31. The van der Waals surface area contributed by atoms with E-state index in [1.54, 1.807) is 16.9 Å². The number of carboxylic acid groups (broad SMARTS) is 1. The van der Waals surface area contributed by atoms with Crippen LogP contribution in [0.15, 0.2) is 52.0 Å². The van der Waals surface area contributed by atoms with Gasteiger partial charge in [-0.25, -0.2) is 9.18 Å². The van der Waals surface area contributed by atoms with E-state index >= 15 is 4.39 Å². The molecule has 0 saturated carbocycles. The Kier molecular flexibility index (Phi) is 5.58. The fourth-order valence-corrected chi connectivity index (χ4v) is 4.92. The zero-order valence-corrected chi connectivity index (χ0v) is 19.5. The van der Waals surface area contributed by atoms with Crippen LogP contribution in [-0.2, 0) is 6.54 Å². The number of hydrogen-bond acceptors (Lipinski definition) is 5. The van der Waals surface area contributed by atoms with Gasteiger partial charge in [-0.15, -0.1) is 0 Å². The molecule has 34 heavy (non-hydrogen) atoms. The van der Waals surface area contributed by atoms with Crippen molar-refractivity contribution in [1.82, 2.24) is 9.47 Å². The van der Waals surface area contributed by atoms with Gasteiger partial charge in [0.15, 0.2) is 0 Å². The minimum absolute atomic E-state index is 0.0579. The number of aryl methyl sites for hydroxylation is 1. The highest BCUT2D eigenvalue weighted by atomic mass is 35.5. The van der Waals surface area contributed by atoms with E-state index in [1.165, 1.54) is 6.20 Å². The molecule has 9 heteroatoms. The molecule has 1 aliphatic rings. The van der Waals surface area contributed by atoms with Gasteiger partial charge in [-0.2, -0.15) is 0 Å². The van der Waals surface area contributed by atoms with Crippen molar-refractivity contribution in [3.8, 4) is 0 Å². The molecule has 1 fully saturated rings. The van der Waals surface area contributed by atoms with Gasteiger partial charge in [0, 0.05) is 53.6 Å². The van der Waals surface area contributed by atoms with Gasteiger partial charge in [0.25, 0.3) is 0 Å². The molecule has 0 radical (unpaired) electrons. The van der Waals surface area contributed by atoms with E-state index in [9.17, 15) is 14.7 Å². The van der Waals surface area contributed by atoms with E-state index < -0.39 is 17.2 Å². The number of carbonyl (C=O) groups is 1. The molecule has 1 saturated heterocycles. The summed E-state index contributed by atoms with van der Waals surface area (Å²) in [4.78, 5) is 28.3. The number of fused-ring (bicyclic) bond motifs is 2. The summed E-state index contributed by atoms with van der Waals surface area (Å²) in [5.74, 6) is -1.10. The molecule has 2 aromatic carbocycles. The number of likely N-dealkylation sites (N-methyl/N-ethyl adjacent to an activating group) is 1. The van der Waals surface area contributed by atoms with Crippen molar-refractivity contribution in [2.45, 2.75) is 19.5 Å². The van der Waals surface area contributed by atoms with Crippen molar-refractivity contribution >= 4 is 44.9 Å². The monoisotopic (exact) mass is 483 g/mol. The third-order valence-electron chi connectivity index (χ3n) is 6.60. The van der Waals surface area contributed by atoms with Crippen LogP contribution in [0.3, 0.4) is 0 Å². The number of carboxylic acids is 1. The predicted octanol–water partition coefficient (Wildman–Crippen LogP) is 4.75. The predicted molar refractivity (Wildman–Crippen MR) is 130 cm³/mol. The summed E-state index contributed by atoms with van der Waals surface area (Å²) in [6, 6.07) is 8.28. The Labute approximate surface area is 199 Å². The highest BCUT2D eigenvalue weighted by molar-refractivity contribution is 6.31. The van der Waals surface area contributed by atoms with Crippen LogP contribution in [0.2, 0.25) is 5.02 Å². The molecule has 4 aromatic rings. The number of nitrogens with zero attached hydrogens (tertiary/aromatic N) is 3. The summed E-state index contributed by atoms with van der Waals surface area (Å²) in [5.41, 5.74) is -0.183. The lowest BCUT2D eigenvalue weighted by Crippen LogP contribution is -2.47. The molecule has 7 nitrogen and oxygen atoms in total. The second-order valence-electron chi connectivity index (χ2n) is 8.56. The maximum atomic E-state index is 15.3. The van der Waals surface area contributed by atoms with Crippen LogP contribution in [0.5, 0.6) is 0 Å². The van der Waals surface area contributed by atoms with E-state index in [4.69, 9.17) is 16.0 Å². The van der Waals surface area contributed by atoms with E-state index in [-0.39, 0.29) is 17.0 Å². The van der Waals surface area contributed by atoms with Crippen LogP contribution in [0, 0.1) is 5.82 Å². The molecule has 176 valence electrons. The molecule has 1 aliphatic heterocycles. The minimum atomic E-state index is -1.33. The number of benzene rings is 2. The van der Waals surface area contributed by atoms with Gasteiger partial charge in [0.2, 0.25) is 5.43 Å². The second-order valence-corrected chi connectivity index (χ2v) is 8.99. The van der Waals surface area contributed by atoms with Gasteiger partial charge < -0.3 is 19.0 Å². The summed E-state index contributed by atoms with van der Waals surface area (Å²) in [5, 5.41) is 11.9. The Hall–Kier alpha value is -3.36. The van der Waals surface area contributed by atoms with Crippen molar-refractivity contribution in [1.29, 1.82) is 0 Å². The number of anilines is 1. The third-order valence-corrected chi connectivity index (χ3v) is 6.84. The van der Waals surface area contributed by atoms with Gasteiger partial charge in [0.05, 0.1) is 23.5 Å². The number of hydrogen-bond donors (Lipinski definition) is 1. The van der Waals surface area contributed by atoms with Crippen molar-refractivity contribution < 1.29 is 18.7 Å². The van der Waals surface area contributed by atoms with Crippen molar-refractivity contribution in [3.63, 3.8) is 0 Å². The summed E-state index contributed by atoms with van der Waals surface area (Å²) in [7, 11) is 2.01. The average molecular weight is 484 g/mol. The summed E-state index contributed by atoms with van der Waals surface area (Å²) in [6.07, 6.45) is 3.00. The lowest BCUT2D eigenvalue weighted by atomic mass is 10.0. The molecule has 0 aliphatic carbocycles. The first kappa shape index (κ1) is 22.4. The lowest BCUT2D eigenvalue weighted by Gasteiger charge is -2.40. The zero-order chi connectivity index (χ0) is 24.1. The minimum Gasteiger partial charge on any atom is -0.477 e. The fourth-order valence-electron chi connectivity index (χ4n) is 4.74. The molecule has 0 amide bonds. The lowest BCUT2D eigenvalue weighted by molar-refractivity contribution is 0.0695. The maximum absolute atomic E-state index is 15.3. The first-order valence-electron chi connectivity index (χ1n) is 11.0. The van der Waals surface area contributed by atoms with Crippen LogP contribution < -0.4 is 10.3 Å². The van der Waals surface area contributed by atoms with Gasteiger partial charge in [0.1, 0.15) is 17.1 Å². The van der Waals surface area contributed by atoms with Gasteiger partial charge in [-0.1, -0.05) is 11.6 Å². The number of aromatic nitrogens is 1. The van der Waals surface area contributed by atoms with Crippen molar-refractivity contribution in [2.24, 2.45) is 0 Å².